The van der Waals surface area contributed by atoms with Crippen LogP contribution in [0.4, 0.5) is 5.13 Å². The van der Waals surface area contributed by atoms with Crippen LogP contribution in [0.5, 0.6) is 0 Å². The molecule has 1 N–H and O–H groups in total. The molecular formula is C11H13ClN2OS. The number of hydrogen-bond acceptors (Lipinski definition) is 4. The highest BCUT2D eigenvalue weighted by molar-refractivity contribution is 7.16. The van der Waals surface area contributed by atoms with Crippen LogP contribution < -0.4 is 4.90 Å². The minimum absolute atomic E-state index is 0.0657. The molecule has 1 saturated carbocycles. The van der Waals surface area contributed by atoms with E-state index in [1.54, 1.807) is 0 Å². The van der Waals surface area contributed by atoms with E-state index in [1.165, 1.54) is 24.2 Å². The lowest BCUT2D eigenvalue weighted by atomic mass is 10.4. The van der Waals surface area contributed by atoms with E-state index >= 15 is 0 Å². The van der Waals surface area contributed by atoms with Gasteiger partial charge in [0.15, 0.2) is 5.13 Å². The molecule has 1 heterocycles. The molecule has 0 radical (unpaired) electrons. The standard InChI is InChI=1S/C11H13ClN2OS/c1-2-5-14(6-8-3-4-8)11-13-10(12)9(7-15)16-11/h1,8,15H,3-7H2. The fourth-order valence-electron chi connectivity index (χ4n) is 1.49. The van der Waals surface area contributed by atoms with E-state index in [4.69, 9.17) is 23.1 Å². The average molecular weight is 257 g/mol. The topological polar surface area (TPSA) is 36.4 Å². The van der Waals surface area contributed by atoms with Crippen LogP contribution in [-0.2, 0) is 6.61 Å². The summed E-state index contributed by atoms with van der Waals surface area (Å²) in [6.45, 7) is 1.42. The van der Waals surface area contributed by atoms with Crippen molar-refractivity contribution >= 4 is 28.1 Å². The molecule has 0 aliphatic heterocycles. The molecule has 0 amide bonds. The Morgan fingerprint density at radius 1 is 1.62 bits per heavy atom. The number of thiazole rings is 1. The molecule has 0 unspecified atom stereocenters. The number of anilines is 1. The number of nitrogens with zero attached hydrogens (tertiary/aromatic N) is 2. The van der Waals surface area contributed by atoms with Crippen LogP contribution in [0.15, 0.2) is 0 Å². The molecule has 1 aromatic heterocycles. The van der Waals surface area contributed by atoms with E-state index in [9.17, 15) is 0 Å². The van der Waals surface area contributed by atoms with E-state index in [2.05, 4.69) is 15.8 Å². The third-order valence-corrected chi connectivity index (χ3v) is 4.04. The van der Waals surface area contributed by atoms with E-state index in [0.29, 0.717) is 16.6 Å². The molecule has 16 heavy (non-hydrogen) atoms. The Labute approximate surface area is 104 Å². The highest BCUT2D eigenvalue weighted by atomic mass is 35.5. The number of hydrogen-bond donors (Lipinski definition) is 1. The summed E-state index contributed by atoms with van der Waals surface area (Å²) in [6.07, 6.45) is 7.88. The highest BCUT2D eigenvalue weighted by Gasteiger charge is 2.25. The number of aliphatic hydroxyl groups excluding tert-OH is 1. The Bertz CT molecular complexity index is 409. The molecule has 0 bridgehead atoms. The highest BCUT2D eigenvalue weighted by Crippen LogP contribution is 2.34. The molecular weight excluding hydrogens is 244 g/mol. The second-order valence-corrected chi connectivity index (χ2v) is 5.32. The first kappa shape index (κ1) is 11.7. The number of terminal acetylenes is 1. The number of aliphatic hydroxyl groups is 1. The monoisotopic (exact) mass is 256 g/mol. The molecule has 1 aliphatic carbocycles. The Morgan fingerprint density at radius 2 is 2.38 bits per heavy atom. The van der Waals surface area contributed by atoms with Gasteiger partial charge in [0.25, 0.3) is 0 Å². The normalized spacial score (nSPS) is 14.8. The molecule has 3 nitrogen and oxygen atoms in total. The Hall–Kier alpha value is -0.760. The summed E-state index contributed by atoms with van der Waals surface area (Å²) in [4.78, 5) is 7.00. The van der Waals surface area contributed by atoms with E-state index in [-0.39, 0.29) is 6.61 Å². The molecule has 0 atom stereocenters. The van der Waals surface area contributed by atoms with Crippen LogP contribution >= 0.6 is 22.9 Å². The molecule has 0 spiro atoms. The van der Waals surface area contributed by atoms with Gasteiger partial charge in [0, 0.05) is 6.54 Å². The minimum Gasteiger partial charge on any atom is -0.391 e. The van der Waals surface area contributed by atoms with Gasteiger partial charge in [-0.15, -0.1) is 6.42 Å². The second-order valence-electron chi connectivity index (χ2n) is 3.90. The fraction of sp³-hybridized carbons (Fsp3) is 0.545. The molecule has 0 aromatic carbocycles. The molecule has 2 rings (SSSR count). The smallest absolute Gasteiger partial charge is 0.187 e. The maximum Gasteiger partial charge on any atom is 0.187 e. The number of aromatic nitrogens is 1. The lowest BCUT2D eigenvalue weighted by Crippen LogP contribution is -2.25. The molecule has 86 valence electrons. The van der Waals surface area contributed by atoms with Gasteiger partial charge in [-0.05, 0) is 18.8 Å². The van der Waals surface area contributed by atoms with Crippen molar-refractivity contribution in [2.75, 3.05) is 18.0 Å². The SMILES string of the molecule is C#CCN(CC1CC1)c1nc(Cl)c(CO)s1. The van der Waals surface area contributed by atoms with Gasteiger partial charge in [0.2, 0.25) is 0 Å². The van der Waals surface area contributed by atoms with Gasteiger partial charge in [0.05, 0.1) is 18.0 Å². The van der Waals surface area contributed by atoms with Gasteiger partial charge in [-0.3, -0.25) is 0 Å². The first-order chi connectivity index (χ1) is 7.74. The van der Waals surface area contributed by atoms with Crippen molar-refractivity contribution in [3.63, 3.8) is 0 Å². The summed E-state index contributed by atoms with van der Waals surface area (Å²) in [5.74, 6) is 3.38. The van der Waals surface area contributed by atoms with Crippen molar-refractivity contribution in [2.45, 2.75) is 19.4 Å². The summed E-state index contributed by atoms with van der Waals surface area (Å²) in [5.41, 5.74) is 0. The van der Waals surface area contributed by atoms with Crippen molar-refractivity contribution in [3.05, 3.63) is 10.0 Å². The van der Waals surface area contributed by atoms with Crippen LogP contribution in [0.3, 0.4) is 0 Å². The van der Waals surface area contributed by atoms with Crippen molar-refractivity contribution in [2.24, 2.45) is 5.92 Å². The van der Waals surface area contributed by atoms with Crippen molar-refractivity contribution in [1.82, 2.24) is 4.98 Å². The zero-order valence-corrected chi connectivity index (χ0v) is 10.4. The molecule has 0 saturated heterocycles. The quantitative estimate of drug-likeness (QED) is 0.820. The summed E-state index contributed by atoms with van der Waals surface area (Å²) in [7, 11) is 0. The average Bonchev–Trinajstić information content (AvgIpc) is 3.00. The predicted molar refractivity (Wildman–Crippen MR) is 66.8 cm³/mol. The van der Waals surface area contributed by atoms with Crippen LogP contribution in [-0.4, -0.2) is 23.2 Å². The van der Waals surface area contributed by atoms with Gasteiger partial charge < -0.3 is 10.0 Å². The predicted octanol–water partition coefficient (Wildman–Crippen LogP) is 2.14. The largest absolute Gasteiger partial charge is 0.391 e. The maximum absolute atomic E-state index is 9.06. The number of halogens is 1. The van der Waals surface area contributed by atoms with Crippen LogP contribution in [0.2, 0.25) is 5.15 Å². The summed E-state index contributed by atoms with van der Waals surface area (Å²) in [6, 6.07) is 0. The van der Waals surface area contributed by atoms with E-state index < -0.39 is 0 Å². The lowest BCUT2D eigenvalue weighted by molar-refractivity contribution is 0.285. The van der Waals surface area contributed by atoms with Crippen LogP contribution in [0.25, 0.3) is 0 Å². The summed E-state index contributed by atoms with van der Waals surface area (Å²) < 4.78 is 0. The lowest BCUT2D eigenvalue weighted by Gasteiger charge is -2.18. The molecule has 1 fully saturated rings. The Morgan fingerprint density at radius 3 is 2.88 bits per heavy atom. The van der Waals surface area contributed by atoms with Crippen molar-refractivity contribution in [1.29, 1.82) is 0 Å². The van der Waals surface area contributed by atoms with Gasteiger partial charge in [-0.2, -0.15) is 0 Å². The van der Waals surface area contributed by atoms with Crippen LogP contribution in [0.1, 0.15) is 17.7 Å². The zero-order valence-electron chi connectivity index (χ0n) is 8.82. The van der Waals surface area contributed by atoms with Crippen molar-refractivity contribution < 1.29 is 5.11 Å². The van der Waals surface area contributed by atoms with Gasteiger partial charge in [-0.25, -0.2) is 4.98 Å². The summed E-state index contributed by atoms with van der Waals surface area (Å²) >= 11 is 7.32. The zero-order chi connectivity index (χ0) is 11.5. The van der Waals surface area contributed by atoms with Crippen LogP contribution in [0, 0.1) is 18.3 Å². The maximum atomic E-state index is 9.06. The second kappa shape index (κ2) is 5.05. The summed E-state index contributed by atoms with van der Waals surface area (Å²) in [5, 5.41) is 10.3. The van der Waals surface area contributed by atoms with E-state index in [1.807, 2.05) is 0 Å². The molecule has 1 aromatic rings. The van der Waals surface area contributed by atoms with Crippen molar-refractivity contribution in [3.8, 4) is 12.3 Å². The Kier molecular flexibility index (Phi) is 3.70. The first-order valence-electron chi connectivity index (χ1n) is 5.19. The third kappa shape index (κ3) is 2.67. The number of rotatable bonds is 5. The minimum atomic E-state index is -0.0657. The third-order valence-electron chi connectivity index (χ3n) is 2.51. The van der Waals surface area contributed by atoms with Gasteiger partial charge in [0.1, 0.15) is 5.15 Å². The van der Waals surface area contributed by atoms with E-state index in [0.717, 1.165) is 17.6 Å². The first-order valence-corrected chi connectivity index (χ1v) is 6.38. The molecule has 5 heteroatoms. The van der Waals surface area contributed by atoms with Gasteiger partial charge in [-0.1, -0.05) is 28.9 Å². The molecule has 1 aliphatic rings. The Balaban J connectivity index is 2.13. The van der Waals surface area contributed by atoms with Gasteiger partial charge >= 0.3 is 0 Å². The fourth-order valence-corrected chi connectivity index (χ4v) is 2.61.